The van der Waals surface area contributed by atoms with Gasteiger partial charge in [0.25, 0.3) is 5.91 Å². The number of aromatic nitrogens is 1. The Labute approximate surface area is 119 Å². The van der Waals surface area contributed by atoms with Gasteiger partial charge in [-0.05, 0) is 37.7 Å². The molecule has 0 aromatic carbocycles. The highest BCUT2D eigenvalue weighted by Gasteiger charge is 2.34. The Morgan fingerprint density at radius 1 is 1.20 bits per heavy atom. The van der Waals surface area contributed by atoms with Gasteiger partial charge in [0.2, 0.25) is 0 Å². The Bertz CT molecular complexity index is 479. The van der Waals surface area contributed by atoms with E-state index >= 15 is 0 Å². The van der Waals surface area contributed by atoms with Crippen LogP contribution in [0.5, 0.6) is 5.75 Å². The van der Waals surface area contributed by atoms with E-state index < -0.39 is 0 Å². The number of carbonyl (C=O) groups is 1. The van der Waals surface area contributed by atoms with Crippen LogP contribution < -0.4 is 0 Å². The first-order chi connectivity index (χ1) is 9.74. The third-order valence-electron chi connectivity index (χ3n) is 4.40. The minimum absolute atomic E-state index is 0.0291. The smallest absolute Gasteiger partial charge is 0.255 e. The van der Waals surface area contributed by atoms with Crippen molar-refractivity contribution in [2.75, 3.05) is 6.54 Å². The van der Waals surface area contributed by atoms with E-state index in [1.807, 2.05) is 4.90 Å². The van der Waals surface area contributed by atoms with E-state index in [0.29, 0.717) is 17.5 Å². The molecule has 1 heterocycles. The van der Waals surface area contributed by atoms with E-state index in [0.717, 1.165) is 19.4 Å². The number of hydrogen-bond acceptors (Lipinski definition) is 3. The molecule has 2 saturated carbocycles. The fourth-order valence-electron chi connectivity index (χ4n) is 3.14. The maximum absolute atomic E-state index is 12.6. The van der Waals surface area contributed by atoms with Crippen LogP contribution in [0.4, 0.5) is 0 Å². The normalized spacial score (nSPS) is 19.8. The topological polar surface area (TPSA) is 53.4 Å². The van der Waals surface area contributed by atoms with Crippen molar-refractivity contribution in [2.24, 2.45) is 5.92 Å². The minimum atomic E-state index is 0.0291. The first-order valence-corrected chi connectivity index (χ1v) is 7.69. The summed E-state index contributed by atoms with van der Waals surface area (Å²) in [7, 11) is 0. The molecule has 0 aliphatic heterocycles. The Hall–Kier alpha value is -1.58. The van der Waals surface area contributed by atoms with E-state index in [9.17, 15) is 9.90 Å². The number of rotatable bonds is 4. The average molecular weight is 274 g/mol. The molecule has 2 aliphatic carbocycles. The molecule has 0 unspecified atom stereocenters. The predicted octanol–water partition coefficient (Wildman–Crippen LogP) is 2.97. The van der Waals surface area contributed by atoms with E-state index in [1.54, 1.807) is 6.20 Å². The molecular formula is C16H22N2O2. The highest BCUT2D eigenvalue weighted by atomic mass is 16.3. The zero-order chi connectivity index (χ0) is 13.9. The second-order valence-electron chi connectivity index (χ2n) is 6.12. The van der Waals surface area contributed by atoms with Crippen LogP contribution in [0.25, 0.3) is 0 Å². The van der Waals surface area contributed by atoms with Gasteiger partial charge in [0.1, 0.15) is 5.75 Å². The van der Waals surface area contributed by atoms with E-state index in [2.05, 4.69) is 4.98 Å². The molecule has 0 bridgehead atoms. The average Bonchev–Trinajstić information content (AvgIpc) is 3.30. The molecule has 4 nitrogen and oxygen atoms in total. The van der Waals surface area contributed by atoms with Crippen molar-refractivity contribution in [3.8, 4) is 5.75 Å². The summed E-state index contributed by atoms with van der Waals surface area (Å²) < 4.78 is 0. The van der Waals surface area contributed by atoms with Gasteiger partial charge in [-0.1, -0.05) is 19.3 Å². The number of hydrogen-bond donors (Lipinski definition) is 1. The number of pyridine rings is 1. The van der Waals surface area contributed by atoms with Crippen molar-refractivity contribution in [2.45, 2.75) is 51.0 Å². The fourth-order valence-corrected chi connectivity index (χ4v) is 3.14. The van der Waals surface area contributed by atoms with Gasteiger partial charge in [0.15, 0.2) is 0 Å². The standard InChI is InChI=1S/C16H22N2O2/c19-15-8-13(9-17-10-15)16(20)18(14-6-7-14)11-12-4-2-1-3-5-12/h8-10,12,14,19H,1-7,11H2. The van der Waals surface area contributed by atoms with Crippen LogP contribution in [-0.4, -0.2) is 33.5 Å². The van der Waals surface area contributed by atoms with Gasteiger partial charge in [-0.2, -0.15) is 0 Å². The monoisotopic (exact) mass is 274 g/mol. The molecule has 1 aromatic heterocycles. The molecule has 0 saturated heterocycles. The predicted molar refractivity (Wildman–Crippen MR) is 76.5 cm³/mol. The lowest BCUT2D eigenvalue weighted by Crippen LogP contribution is -2.37. The molecule has 4 heteroatoms. The van der Waals surface area contributed by atoms with Crippen molar-refractivity contribution < 1.29 is 9.90 Å². The molecule has 2 fully saturated rings. The molecule has 108 valence electrons. The van der Waals surface area contributed by atoms with Crippen LogP contribution in [-0.2, 0) is 0 Å². The molecule has 2 aliphatic rings. The molecule has 0 radical (unpaired) electrons. The van der Waals surface area contributed by atoms with Crippen LogP contribution in [0.1, 0.15) is 55.3 Å². The molecule has 1 amide bonds. The highest BCUT2D eigenvalue weighted by molar-refractivity contribution is 5.94. The third kappa shape index (κ3) is 3.11. The highest BCUT2D eigenvalue weighted by Crippen LogP contribution is 2.32. The Kier molecular flexibility index (Phi) is 3.90. The number of aromatic hydroxyl groups is 1. The third-order valence-corrected chi connectivity index (χ3v) is 4.40. The number of carbonyl (C=O) groups excluding carboxylic acids is 1. The molecule has 1 aromatic rings. The van der Waals surface area contributed by atoms with Crippen LogP contribution in [0.3, 0.4) is 0 Å². The van der Waals surface area contributed by atoms with Gasteiger partial charge < -0.3 is 10.0 Å². The quantitative estimate of drug-likeness (QED) is 0.918. The first-order valence-electron chi connectivity index (χ1n) is 7.69. The Morgan fingerprint density at radius 3 is 2.60 bits per heavy atom. The lowest BCUT2D eigenvalue weighted by Gasteiger charge is -2.30. The number of nitrogens with zero attached hydrogens (tertiary/aromatic N) is 2. The van der Waals surface area contributed by atoms with Gasteiger partial charge in [-0.15, -0.1) is 0 Å². The fraction of sp³-hybridized carbons (Fsp3) is 0.625. The van der Waals surface area contributed by atoms with Gasteiger partial charge in [0.05, 0.1) is 11.8 Å². The second kappa shape index (κ2) is 5.81. The van der Waals surface area contributed by atoms with Gasteiger partial charge in [-0.25, -0.2) is 0 Å². The second-order valence-corrected chi connectivity index (χ2v) is 6.12. The van der Waals surface area contributed by atoms with E-state index in [4.69, 9.17) is 0 Å². The van der Waals surface area contributed by atoms with Crippen molar-refractivity contribution in [3.05, 3.63) is 24.0 Å². The summed E-state index contributed by atoms with van der Waals surface area (Å²) in [4.78, 5) is 18.6. The SMILES string of the molecule is O=C(c1cncc(O)c1)N(CC1CCCCC1)C1CC1. The summed E-state index contributed by atoms with van der Waals surface area (Å²) in [5.74, 6) is 0.740. The maximum Gasteiger partial charge on any atom is 0.255 e. The van der Waals surface area contributed by atoms with Crippen molar-refractivity contribution in [1.29, 1.82) is 0 Å². The van der Waals surface area contributed by atoms with Crippen molar-refractivity contribution in [1.82, 2.24) is 9.88 Å². The van der Waals surface area contributed by atoms with Crippen LogP contribution >= 0.6 is 0 Å². The molecular weight excluding hydrogens is 252 g/mol. The lowest BCUT2D eigenvalue weighted by atomic mass is 9.89. The van der Waals surface area contributed by atoms with Gasteiger partial charge >= 0.3 is 0 Å². The number of amides is 1. The zero-order valence-corrected chi connectivity index (χ0v) is 11.8. The van der Waals surface area contributed by atoms with E-state index in [-0.39, 0.29) is 11.7 Å². The molecule has 1 N–H and O–H groups in total. The van der Waals surface area contributed by atoms with Crippen LogP contribution in [0, 0.1) is 5.92 Å². The molecule has 3 rings (SSSR count). The van der Waals surface area contributed by atoms with Crippen molar-refractivity contribution >= 4 is 5.91 Å². The first kappa shape index (κ1) is 13.4. The van der Waals surface area contributed by atoms with Gasteiger partial charge in [-0.3, -0.25) is 9.78 Å². The summed E-state index contributed by atoms with van der Waals surface area (Å²) in [6, 6.07) is 1.93. The van der Waals surface area contributed by atoms with E-state index in [1.165, 1.54) is 44.4 Å². The Morgan fingerprint density at radius 2 is 1.95 bits per heavy atom. The summed E-state index contributed by atoms with van der Waals surface area (Å²) in [5, 5.41) is 9.49. The maximum atomic E-state index is 12.6. The van der Waals surface area contributed by atoms with Crippen LogP contribution in [0.2, 0.25) is 0 Å². The summed E-state index contributed by atoms with van der Waals surface area (Å²) in [5.41, 5.74) is 0.507. The van der Waals surface area contributed by atoms with Crippen molar-refractivity contribution in [3.63, 3.8) is 0 Å². The minimum Gasteiger partial charge on any atom is -0.506 e. The lowest BCUT2D eigenvalue weighted by molar-refractivity contribution is 0.0698. The Balaban J connectivity index is 1.71. The summed E-state index contributed by atoms with van der Waals surface area (Å²) in [6.45, 7) is 0.874. The molecule has 20 heavy (non-hydrogen) atoms. The van der Waals surface area contributed by atoms with Crippen LogP contribution in [0.15, 0.2) is 18.5 Å². The zero-order valence-electron chi connectivity index (χ0n) is 11.8. The molecule has 0 atom stereocenters. The largest absolute Gasteiger partial charge is 0.506 e. The molecule has 0 spiro atoms. The summed E-state index contributed by atoms with van der Waals surface area (Å²) in [6.07, 6.45) is 11.6. The summed E-state index contributed by atoms with van der Waals surface area (Å²) >= 11 is 0. The van der Waals surface area contributed by atoms with Gasteiger partial charge in [0, 0.05) is 18.8 Å².